The van der Waals surface area contributed by atoms with Gasteiger partial charge in [0.2, 0.25) is 0 Å². The number of rotatable bonds is 2. The lowest BCUT2D eigenvalue weighted by Gasteiger charge is -2.28. The number of amides is 1. The molecule has 1 N–H and O–H groups in total. The quantitative estimate of drug-likeness (QED) is 0.730. The van der Waals surface area contributed by atoms with Gasteiger partial charge in [0.1, 0.15) is 0 Å². The predicted octanol–water partition coefficient (Wildman–Crippen LogP) is 3.75. The van der Waals surface area contributed by atoms with Crippen molar-refractivity contribution < 1.29 is 4.79 Å². The Morgan fingerprint density at radius 1 is 1.12 bits per heavy atom. The molecular weight excluding hydrogens is 366 g/mol. The third-order valence-electron chi connectivity index (χ3n) is 5.55. The summed E-state index contributed by atoms with van der Waals surface area (Å²) in [5.74, 6) is 1.17. The van der Waals surface area contributed by atoms with Crippen molar-refractivity contribution in [3.63, 3.8) is 0 Å². The molecule has 0 radical (unpaired) electrons. The first-order chi connectivity index (χ1) is 12.3. The van der Waals surface area contributed by atoms with Gasteiger partial charge < -0.3 is 10.2 Å². The molecule has 3 aromatic rings. The first-order valence-electron chi connectivity index (χ1n) is 8.72. The molecule has 2 fully saturated rings. The summed E-state index contributed by atoms with van der Waals surface area (Å²) in [6, 6.07) is 16.5. The van der Waals surface area contributed by atoms with Gasteiger partial charge in [-0.2, -0.15) is 0 Å². The summed E-state index contributed by atoms with van der Waals surface area (Å²) in [7, 11) is 0. The zero-order valence-corrected chi connectivity index (χ0v) is 15.8. The number of thiazole rings is 1. The highest BCUT2D eigenvalue weighted by Crippen LogP contribution is 2.43. The molecule has 0 unspecified atom stereocenters. The Morgan fingerprint density at radius 2 is 1.96 bits per heavy atom. The van der Waals surface area contributed by atoms with Crippen LogP contribution in [-0.4, -0.2) is 35.4 Å². The SMILES string of the molecule is Cl.O=C(c1cccc2ncsc12)N1C[C@@H]2CNC[C@@H]2[C@H]1c1ccccc1. The third-order valence-corrected chi connectivity index (χ3v) is 6.43. The highest BCUT2D eigenvalue weighted by atomic mass is 35.5. The molecule has 6 heteroatoms. The fourth-order valence-corrected chi connectivity index (χ4v) is 5.21. The Balaban J connectivity index is 0.00000168. The number of likely N-dealkylation sites (tertiary alicyclic amines) is 1. The highest BCUT2D eigenvalue weighted by Gasteiger charge is 2.47. The fraction of sp³-hybridized carbons (Fsp3) is 0.300. The molecule has 0 bridgehead atoms. The van der Waals surface area contributed by atoms with E-state index < -0.39 is 0 Å². The fourth-order valence-electron chi connectivity index (χ4n) is 4.42. The largest absolute Gasteiger partial charge is 0.331 e. The Kier molecular flexibility index (Phi) is 4.69. The predicted molar refractivity (Wildman–Crippen MR) is 107 cm³/mol. The molecule has 2 aliphatic rings. The first kappa shape index (κ1) is 17.5. The summed E-state index contributed by atoms with van der Waals surface area (Å²) in [5.41, 5.74) is 4.75. The zero-order valence-electron chi connectivity index (χ0n) is 14.2. The van der Waals surface area contributed by atoms with Crippen molar-refractivity contribution in [2.24, 2.45) is 11.8 Å². The number of aromatic nitrogens is 1. The molecule has 2 aromatic carbocycles. The minimum Gasteiger partial charge on any atom is -0.331 e. The van der Waals surface area contributed by atoms with Crippen LogP contribution in [0.4, 0.5) is 0 Å². The third kappa shape index (κ3) is 2.71. The lowest BCUT2D eigenvalue weighted by atomic mass is 9.89. The van der Waals surface area contributed by atoms with E-state index in [0.29, 0.717) is 11.8 Å². The van der Waals surface area contributed by atoms with E-state index in [1.165, 1.54) is 5.56 Å². The van der Waals surface area contributed by atoms with Crippen molar-refractivity contribution in [1.29, 1.82) is 0 Å². The summed E-state index contributed by atoms with van der Waals surface area (Å²) in [4.78, 5) is 19.9. The van der Waals surface area contributed by atoms with E-state index in [0.717, 1.165) is 35.4 Å². The molecule has 5 rings (SSSR count). The van der Waals surface area contributed by atoms with Gasteiger partial charge in [-0.15, -0.1) is 23.7 Å². The summed E-state index contributed by atoms with van der Waals surface area (Å²) in [5, 5.41) is 3.50. The molecule has 0 aliphatic carbocycles. The lowest BCUT2D eigenvalue weighted by molar-refractivity contribution is 0.0716. The summed E-state index contributed by atoms with van der Waals surface area (Å²) in [6.45, 7) is 2.81. The first-order valence-corrected chi connectivity index (χ1v) is 9.60. The maximum absolute atomic E-state index is 13.5. The standard InChI is InChI=1S/C20H19N3OS.ClH/c24-20(15-7-4-8-17-19(15)25-12-22-17)23-11-14-9-21-10-16(14)18(23)13-5-2-1-3-6-13;/h1-8,12,14,16,18,21H,9-11H2;1H/t14-,16-,18+;/m0./s1. The number of nitrogens with zero attached hydrogens (tertiary/aromatic N) is 2. The van der Waals surface area contributed by atoms with E-state index in [1.54, 1.807) is 11.3 Å². The summed E-state index contributed by atoms with van der Waals surface area (Å²) >= 11 is 1.55. The van der Waals surface area contributed by atoms with Crippen molar-refractivity contribution in [2.75, 3.05) is 19.6 Å². The van der Waals surface area contributed by atoms with Crippen LogP contribution in [0, 0.1) is 11.8 Å². The average molecular weight is 386 g/mol. The Bertz CT molecular complexity index is 929. The minimum absolute atomic E-state index is 0. The van der Waals surface area contributed by atoms with Gasteiger partial charge in [0, 0.05) is 25.6 Å². The number of carbonyl (C=O) groups excluding carboxylic acids is 1. The number of carbonyl (C=O) groups is 1. The van der Waals surface area contributed by atoms with E-state index in [-0.39, 0.29) is 24.4 Å². The molecule has 134 valence electrons. The van der Waals surface area contributed by atoms with E-state index in [1.807, 2.05) is 29.8 Å². The number of benzene rings is 2. The molecule has 3 atom stereocenters. The number of hydrogen-bond acceptors (Lipinski definition) is 4. The lowest BCUT2D eigenvalue weighted by Crippen LogP contribution is -2.34. The molecule has 2 saturated heterocycles. The van der Waals surface area contributed by atoms with Gasteiger partial charge >= 0.3 is 0 Å². The summed E-state index contributed by atoms with van der Waals surface area (Å²) in [6.07, 6.45) is 0. The van der Waals surface area contributed by atoms with E-state index >= 15 is 0 Å². The van der Waals surface area contributed by atoms with Crippen LogP contribution >= 0.6 is 23.7 Å². The highest BCUT2D eigenvalue weighted by molar-refractivity contribution is 7.17. The molecule has 0 saturated carbocycles. The van der Waals surface area contributed by atoms with Crippen molar-refractivity contribution >= 4 is 39.9 Å². The normalized spacial score (nSPS) is 24.5. The summed E-state index contributed by atoms with van der Waals surface area (Å²) < 4.78 is 0.995. The molecule has 1 amide bonds. The average Bonchev–Trinajstić information content (AvgIpc) is 3.36. The Labute approximate surface area is 162 Å². The van der Waals surface area contributed by atoms with Crippen LogP contribution < -0.4 is 5.32 Å². The van der Waals surface area contributed by atoms with E-state index in [2.05, 4.69) is 39.5 Å². The van der Waals surface area contributed by atoms with E-state index in [4.69, 9.17) is 0 Å². The molecular formula is C20H20ClN3OS. The van der Waals surface area contributed by atoms with Crippen LogP contribution in [0.15, 0.2) is 54.0 Å². The van der Waals surface area contributed by atoms with Crippen LogP contribution in [0.25, 0.3) is 10.2 Å². The van der Waals surface area contributed by atoms with Crippen LogP contribution in [0.3, 0.4) is 0 Å². The van der Waals surface area contributed by atoms with Crippen molar-refractivity contribution in [3.8, 4) is 0 Å². The molecule has 26 heavy (non-hydrogen) atoms. The van der Waals surface area contributed by atoms with Crippen LogP contribution in [0.5, 0.6) is 0 Å². The van der Waals surface area contributed by atoms with Gasteiger partial charge in [0.25, 0.3) is 5.91 Å². The van der Waals surface area contributed by atoms with Gasteiger partial charge in [0.15, 0.2) is 0 Å². The molecule has 1 aromatic heterocycles. The molecule has 4 nitrogen and oxygen atoms in total. The number of hydrogen-bond donors (Lipinski definition) is 1. The molecule has 2 aliphatic heterocycles. The second kappa shape index (κ2) is 6.99. The Hall–Kier alpha value is -1.95. The van der Waals surface area contributed by atoms with Gasteiger partial charge in [-0.1, -0.05) is 36.4 Å². The monoisotopic (exact) mass is 385 g/mol. The van der Waals surface area contributed by atoms with E-state index in [9.17, 15) is 4.79 Å². The van der Waals surface area contributed by atoms with Gasteiger partial charge in [-0.3, -0.25) is 4.79 Å². The molecule has 0 spiro atoms. The maximum atomic E-state index is 13.5. The van der Waals surface area contributed by atoms with Crippen molar-refractivity contribution in [3.05, 3.63) is 65.2 Å². The van der Waals surface area contributed by atoms with Crippen LogP contribution in [0.1, 0.15) is 22.0 Å². The maximum Gasteiger partial charge on any atom is 0.255 e. The second-order valence-corrected chi connectivity index (χ2v) is 7.76. The van der Waals surface area contributed by atoms with Gasteiger partial charge in [-0.25, -0.2) is 4.98 Å². The van der Waals surface area contributed by atoms with Gasteiger partial charge in [0.05, 0.1) is 27.3 Å². The van der Waals surface area contributed by atoms with Crippen molar-refractivity contribution in [2.45, 2.75) is 6.04 Å². The second-order valence-electron chi connectivity index (χ2n) is 6.90. The topological polar surface area (TPSA) is 45.2 Å². The smallest absolute Gasteiger partial charge is 0.255 e. The molecule has 3 heterocycles. The van der Waals surface area contributed by atoms with Crippen LogP contribution in [0.2, 0.25) is 0 Å². The Morgan fingerprint density at radius 3 is 2.81 bits per heavy atom. The number of fused-ring (bicyclic) bond motifs is 2. The van der Waals surface area contributed by atoms with Crippen molar-refractivity contribution in [1.82, 2.24) is 15.2 Å². The zero-order chi connectivity index (χ0) is 16.8. The minimum atomic E-state index is 0. The number of halogens is 1. The number of nitrogens with one attached hydrogen (secondary N) is 1. The van der Waals surface area contributed by atoms with Gasteiger partial charge in [-0.05, 0) is 23.6 Å². The van der Waals surface area contributed by atoms with Crippen LogP contribution in [-0.2, 0) is 0 Å².